The van der Waals surface area contributed by atoms with E-state index < -0.39 is 0 Å². The van der Waals surface area contributed by atoms with Gasteiger partial charge >= 0.3 is 75.7 Å². The van der Waals surface area contributed by atoms with E-state index in [0.29, 0.717) is 4.77 Å². The van der Waals surface area contributed by atoms with Crippen LogP contribution in [-0.4, -0.2) is 43.7 Å². The average molecular weight is 260 g/mol. The summed E-state index contributed by atoms with van der Waals surface area (Å²) < 4.78 is 2.41. The number of nitrogens with one attached hydrogen (secondary N) is 1. The van der Waals surface area contributed by atoms with Gasteiger partial charge in [-0.1, -0.05) is 0 Å². The van der Waals surface area contributed by atoms with Crippen molar-refractivity contribution in [2.24, 2.45) is 0 Å². The molecule has 0 saturated heterocycles. The Morgan fingerprint density at radius 1 is 1.56 bits per heavy atom. The predicted octanol–water partition coefficient (Wildman–Crippen LogP) is -1.27. The van der Waals surface area contributed by atoms with E-state index in [-0.39, 0.29) is 0 Å². The van der Waals surface area contributed by atoms with Gasteiger partial charge < -0.3 is 0 Å². The van der Waals surface area contributed by atoms with Crippen LogP contribution in [0.4, 0.5) is 0 Å². The molecule has 0 amide bonds. The Hall–Kier alpha value is 0.417. The van der Waals surface area contributed by atoms with Crippen LogP contribution in [0, 0.1) is 4.77 Å². The zero-order valence-electron chi connectivity index (χ0n) is 4.33. The Balaban J connectivity index is 3.33. The number of nitrogens with zero attached hydrogens (tertiary/aromatic N) is 1. The van der Waals surface area contributed by atoms with Crippen LogP contribution in [0.1, 0.15) is 0 Å². The third-order valence-electron chi connectivity index (χ3n) is 0.717. The first-order chi connectivity index (χ1) is 4.18. The maximum absolute atomic E-state index is 4.80. The zero-order chi connectivity index (χ0) is 6.85. The van der Waals surface area contributed by atoms with Gasteiger partial charge in [-0.05, 0) is 0 Å². The summed E-state index contributed by atoms with van der Waals surface area (Å²) in [7, 11) is 0. The fourth-order valence-corrected chi connectivity index (χ4v) is 2.39. The summed E-state index contributed by atoms with van der Waals surface area (Å²) >= 11 is 9.53. The SMILES string of the molecule is S=c1nc([As])cc([As])[nH]1. The molecule has 0 unspecified atom stereocenters. The van der Waals surface area contributed by atoms with E-state index in [0.717, 1.165) is 8.96 Å². The molecule has 0 aliphatic rings. The van der Waals surface area contributed by atoms with Crippen LogP contribution in [0.2, 0.25) is 0 Å². The Bertz CT molecular complexity index is 246. The molecule has 9 heavy (non-hydrogen) atoms. The minimum atomic E-state index is 0.531. The van der Waals surface area contributed by atoms with E-state index in [1.54, 1.807) is 0 Å². The van der Waals surface area contributed by atoms with Crippen LogP contribution < -0.4 is 8.96 Å². The molecule has 0 bridgehead atoms. The van der Waals surface area contributed by atoms with Crippen molar-refractivity contribution in [3.05, 3.63) is 10.8 Å². The summed E-state index contributed by atoms with van der Waals surface area (Å²) in [6, 6.07) is 1.90. The second kappa shape index (κ2) is 3.00. The number of hydrogen-bond acceptors (Lipinski definition) is 2. The van der Waals surface area contributed by atoms with Gasteiger partial charge in [0.05, 0.1) is 0 Å². The summed E-state index contributed by atoms with van der Waals surface area (Å²) in [6.45, 7) is 0. The van der Waals surface area contributed by atoms with Gasteiger partial charge in [-0.15, -0.1) is 0 Å². The topological polar surface area (TPSA) is 28.7 Å². The Morgan fingerprint density at radius 2 is 2.22 bits per heavy atom. The van der Waals surface area contributed by atoms with E-state index in [1.807, 2.05) is 6.07 Å². The Kier molecular flexibility index (Phi) is 2.51. The Labute approximate surface area is 75.5 Å². The van der Waals surface area contributed by atoms with Crippen LogP contribution in [0.15, 0.2) is 6.07 Å². The molecule has 0 atom stereocenters. The molecule has 1 N–H and O–H groups in total. The van der Waals surface area contributed by atoms with Crippen molar-refractivity contribution < 1.29 is 0 Å². The predicted molar refractivity (Wildman–Crippen MR) is 40.2 cm³/mol. The van der Waals surface area contributed by atoms with Crippen molar-refractivity contribution in [3.8, 4) is 0 Å². The second-order valence-corrected chi connectivity index (χ2v) is 3.79. The molecular formula is C4H2As2N2S. The van der Waals surface area contributed by atoms with E-state index >= 15 is 0 Å². The van der Waals surface area contributed by atoms with Gasteiger partial charge in [0.2, 0.25) is 0 Å². The van der Waals surface area contributed by atoms with Crippen LogP contribution in [0.25, 0.3) is 0 Å². The first-order valence-corrected chi connectivity index (χ1v) is 4.46. The standard InChI is InChI=1S/C4H2As2N2S/c5-2-1-3(6)8-4(9)7-2/h1H,(H,7,8,9). The molecule has 4 radical (unpaired) electrons. The number of aromatic nitrogens is 2. The van der Waals surface area contributed by atoms with Gasteiger partial charge in [-0.3, -0.25) is 0 Å². The third kappa shape index (κ3) is 2.25. The van der Waals surface area contributed by atoms with Crippen LogP contribution in [0.3, 0.4) is 0 Å². The quantitative estimate of drug-likeness (QED) is 0.465. The molecule has 0 spiro atoms. The normalized spacial score (nSPS) is 9.56. The van der Waals surface area contributed by atoms with E-state index in [4.69, 9.17) is 12.2 Å². The molecule has 1 aromatic heterocycles. The molecule has 1 aromatic rings. The number of hydrogen-bond donors (Lipinski definition) is 1. The van der Waals surface area contributed by atoms with Crippen LogP contribution in [-0.2, 0) is 0 Å². The molecule has 0 aliphatic carbocycles. The molecule has 44 valence electrons. The fraction of sp³-hybridized carbons (Fsp3) is 0. The summed E-state index contributed by atoms with van der Waals surface area (Å²) in [5, 5.41) is 0. The summed E-state index contributed by atoms with van der Waals surface area (Å²) in [5.41, 5.74) is 0. The summed E-state index contributed by atoms with van der Waals surface area (Å²) in [5.74, 6) is 0. The maximum atomic E-state index is 4.80. The summed E-state index contributed by atoms with van der Waals surface area (Å²) in [6.07, 6.45) is 0. The first kappa shape index (κ1) is 7.52. The Morgan fingerprint density at radius 3 is 2.67 bits per heavy atom. The van der Waals surface area contributed by atoms with Crippen molar-refractivity contribution >= 4 is 54.9 Å². The van der Waals surface area contributed by atoms with Gasteiger partial charge in [-0.2, -0.15) is 0 Å². The van der Waals surface area contributed by atoms with Crippen molar-refractivity contribution in [2.75, 3.05) is 0 Å². The van der Waals surface area contributed by atoms with Crippen molar-refractivity contribution in [1.29, 1.82) is 0 Å². The molecule has 0 aromatic carbocycles. The molecular weight excluding hydrogens is 258 g/mol. The molecule has 0 aliphatic heterocycles. The van der Waals surface area contributed by atoms with Gasteiger partial charge in [0.1, 0.15) is 0 Å². The van der Waals surface area contributed by atoms with E-state index in [9.17, 15) is 0 Å². The van der Waals surface area contributed by atoms with Gasteiger partial charge in [0, 0.05) is 0 Å². The molecule has 0 saturated carbocycles. The molecule has 2 nitrogen and oxygen atoms in total. The molecule has 0 fully saturated rings. The molecule has 1 rings (SSSR count). The second-order valence-electron chi connectivity index (χ2n) is 1.43. The number of H-pyrrole nitrogens is 1. The third-order valence-corrected chi connectivity index (χ3v) is 1.90. The monoisotopic (exact) mass is 260 g/mol. The van der Waals surface area contributed by atoms with Crippen molar-refractivity contribution in [2.45, 2.75) is 0 Å². The molecule has 1 heterocycles. The van der Waals surface area contributed by atoms with Gasteiger partial charge in [-0.25, -0.2) is 0 Å². The van der Waals surface area contributed by atoms with Crippen molar-refractivity contribution in [1.82, 2.24) is 9.97 Å². The first-order valence-electron chi connectivity index (χ1n) is 2.18. The van der Waals surface area contributed by atoms with Gasteiger partial charge in [0.15, 0.2) is 0 Å². The summed E-state index contributed by atoms with van der Waals surface area (Å²) in [4.78, 5) is 6.83. The van der Waals surface area contributed by atoms with E-state index in [2.05, 4.69) is 43.7 Å². The minimum absolute atomic E-state index is 0.531. The fourth-order valence-electron chi connectivity index (χ4n) is 0.432. The average Bonchev–Trinajstić information content (AvgIpc) is 1.59. The number of rotatable bonds is 0. The van der Waals surface area contributed by atoms with Crippen molar-refractivity contribution in [3.63, 3.8) is 0 Å². The molecule has 5 heteroatoms. The van der Waals surface area contributed by atoms with E-state index in [1.165, 1.54) is 0 Å². The number of aromatic amines is 1. The van der Waals surface area contributed by atoms with Gasteiger partial charge in [0.25, 0.3) is 0 Å². The zero-order valence-corrected chi connectivity index (χ0v) is 8.90. The van der Waals surface area contributed by atoms with Crippen LogP contribution in [0.5, 0.6) is 0 Å². The van der Waals surface area contributed by atoms with Crippen LogP contribution >= 0.6 is 12.2 Å².